The largest absolute Gasteiger partial charge is 0.573 e. The number of benzene rings is 2. The molecular weight excluding hydrogens is 406 g/mol. The van der Waals surface area contributed by atoms with Crippen molar-refractivity contribution in [2.45, 2.75) is 6.36 Å². The summed E-state index contributed by atoms with van der Waals surface area (Å²) in [5, 5.41) is 12.9. The number of alkyl halides is 3. The molecule has 0 aliphatic carbocycles. The van der Waals surface area contributed by atoms with Crippen LogP contribution in [0, 0.1) is 17.1 Å². The van der Waals surface area contributed by atoms with Gasteiger partial charge in [0.1, 0.15) is 11.6 Å². The van der Waals surface area contributed by atoms with Gasteiger partial charge in [-0.05, 0) is 6.07 Å². The van der Waals surface area contributed by atoms with Crippen molar-refractivity contribution in [3.63, 3.8) is 0 Å². The van der Waals surface area contributed by atoms with Crippen molar-refractivity contribution in [1.82, 2.24) is 9.97 Å². The molecular formula is C19H11F4N5O2. The zero-order chi connectivity index (χ0) is 21.7. The van der Waals surface area contributed by atoms with Crippen LogP contribution in [0.25, 0.3) is 11.3 Å². The molecule has 3 rings (SSSR count). The molecule has 0 radical (unpaired) electrons. The molecule has 7 nitrogen and oxygen atoms in total. The Balaban J connectivity index is 1.87. The van der Waals surface area contributed by atoms with Crippen molar-refractivity contribution in [3.05, 3.63) is 75.8 Å². The van der Waals surface area contributed by atoms with Crippen LogP contribution >= 0.6 is 0 Å². The molecule has 0 atom stereocenters. The highest BCUT2D eigenvalue weighted by Crippen LogP contribution is 2.26. The van der Waals surface area contributed by atoms with Gasteiger partial charge in [0.05, 0.1) is 11.9 Å². The molecule has 2 aromatic carbocycles. The number of nitriles is 1. The van der Waals surface area contributed by atoms with E-state index in [1.165, 1.54) is 6.07 Å². The van der Waals surface area contributed by atoms with Crippen molar-refractivity contribution in [2.75, 3.05) is 5.43 Å². The van der Waals surface area contributed by atoms with Crippen LogP contribution in [-0.4, -0.2) is 22.5 Å². The Bertz CT molecular complexity index is 1180. The van der Waals surface area contributed by atoms with Crippen molar-refractivity contribution < 1.29 is 22.3 Å². The monoisotopic (exact) mass is 417 g/mol. The van der Waals surface area contributed by atoms with E-state index in [-0.39, 0.29) is 22.8 Å². The molecule has 152 valence electrons. The predicted octanol–water partition coefficient (Wildman–Crippen LogP) is 3.79. The van der Waals surface area contributed by atoms with Crippen LogP contribution in [-0.2, 0) is 0 Å². The number of aromatic nitrogens is 2. The minimum absolute atomic E-state index is 0.103. The maximum absolute atomic E-state index is 14.1. The van der Waals surface area contributed by atoms with E-state index in [1.54, 1.807) is 36.4 Å². The maximum Gasteiger partial charge on any atom is 0.573 e. The van der Waals surface area contributed by atoms with Gasteiger partial charge < -0.3 is 4.74 Å². The zero-order valence-corrected chi connectivity index (χ0v) is 14.9. The maximum atomic E-state index is 14.1. The number of halogens is 4. The lowest BCUT2D eigenvalue weighted by Gasteiger charge is -2.10. The van der Waals surface area contributed by atoms with E-state index in [2.05, 4.69) is 25.2 Å². The van der Waals surface area contributed by atoms with Crippen molar-refractivity contribution in [2.24, 2.45) is 5.10 Å². The normalized spacial score (nSPS) is 11.3. The Morgan fingerprint density at radius 3 is 2.57 bits per heavy atom. The van der Waals surface area contributed by atoms with Gasteiger partial charge in [0.15, 0.2) is 11.6 Å². The highest BCUT2D eigenvalue weighted by Gasteiger charge is 2.32. The first kappa shape index (κ1) is 20.5. The quantitative estimate of drug-likeness (QED) is 0.374. The average Bonchev–Trinajstić information content (AvgIpc) is 2.70. The predicted molar refractivity (Wildman–Crippen MR) is 99.3 cm³/mol. The Morgan fingerprint density at radius 1 is 1.17 bits per heavy atom. The first-order chi connectivity index (χ1) is 14.3. The number of anilines is 1. The van der Waals surface area contributed by atoms with Gasteiger partial charge in [-0.15, -0.1) is 13.2 Å². The van der Waals surface area contributed by atoms with E-state index in [4.69, 9.17) is 0 Å². The smallest absolute Gasteiger partial charge is 0.403 e. The van der Waals surface area contributed by atoms with Crippen LogP contribution in [0.1, 0.15) is 11.1 Å². The lowest BCUT2D eigenvalue weighted by atomic mass is 10.1. The van der Waals surface area contributed by atoms with Crippen molar-refractivity contribution in [3.8, 4) is 23.1 Å². The second-order valence-corrected chi connectivity index (χ2v) is 5.69. The van der Waals surface area contributed by atoms with Gasteiger partial charge in [-0.1, -0.05) is 42.5 Å². The van der Waals surface area contributed by atoms with Gasteiger partial charge in [0, 0.05) is 11.1 Å². The minimum Gasteiger partial charge on any atom is -0.403 e. The molecule has 0 aliphatic heterocycles. The number of nitrogens with one attached hydrogen (secondary N) is 2. The standard InChI is InChI=1S/C19H11F4N5O2/c20-15-12(7-4-8-14(15)30-19(21,22)23)10-25-28-18-26-16(11-5-2-1-3-6-11)13(9-24)17(29)27-18/h1-8,10H,(H2,26,27,28,29). The average molecular weight is 417 g/mol. The van der Waals surface area contributed by atoms with Crippen molar-refractivity contribution in [1.29, 1.82) is 5.26 Å². The minimum atomic E-state index is -5.05. The summed E-state index contributed by atoms with van der Waals surface area (Å²) in [5.41, 5.74) is 1.73. The molecule has 0 spiro atoms. The fourth-order valence-corrected chi connectivity index (χ4v) is 2.43. The van der Waals surface area contributed by atoms with E-state index in [0.717, 1.165) is 18.3 Å². The molecule has 0 unspecified atom stereocenters. The molecule has 30 heavy (non-hydrogen) atoms. The molecule has 0 bridgehead atoms. The van der Waals surface area contributed by atoms with Crippen LogP contribution in [0.3, 0.4) is 0 Å². The highest BCUT2D eigenvalue weighted by atomic mass is 19.4. The fourth-order valence-electron chi connectivity index (χ4n) is 2.43. The van der Waals surface area contributed by atoms with Crippen LogP contribution in [0.2, 0.25) is 0 Å². The molecule has 11 heteroatoms. The summed E-state index contributed by atoms with van der Waals surface area (Å²) >= 11 is 0. The summed E-state index contributed by atoms with van der Waals surface area (Å²) in [6.07, 6.45) is -4.16. The number of rotatable bonds is 5. The topological polar surface area (TPSA) is 103 Å². The number of ether oxygens (including phenoxy) is 1. The second-order valence-electron chi connectivity index (χ2n) is 5.69. The number of aromatic amines is 1. The van der Waals surface area contributed by atoms with Gasteiger partial charge in [-0.25, -0.2) is 14.8 Å². The zero-order valence-electron chi connectivity index (χ0n) is 14.9. The number of hydrazone groups is 1. The van der Waals surface area contributed by atoms with E-state index < -0.39 is 23.5 Å². The third-order valence-corrected chi connectivity index (χ3v) is 3.67. The summed E-state index contributed by atoms with van der Waals surface area (Å²) < 4.78 is 54.6. The van der Waals surface area contributed by atoms with Crippen LogP contribution in [0.4, 0.5) is 23.5 Å². The number of hydrogen-bond acceptors (Lipinski definition) is 6. The summed E-state index contributed by atoms with van der Waals surface area (Å²) in [4.78, 5) is 18.6. The van der Waals surface area contributed by atoms with Crippen molar-refractivity contribution >= 4 is 12.2 Å². The van der Waals surface area contributed by atoms with E-state index >= 15 is 0 Å². The highest BCUT2D eigenvalue weighted by molar-refractivity contribution is 5.81. The summed E-state index contributed by atoms with van der Waals surface area (Å²) in [6.45, 7) is 0. The Kier molecular flexibility index (Phi) is 5.78. The van der Waals surface area contributed by atoms with Gasteiger partial charge in [0.25, 0.3) is 5.56 Å². The Labute approximate surface area is 166 Å². The number of nitrogens with zero attached hydrogens (tertiary/aromatic N) is 3. The first-order valence-electron chi connectivity index (χ1n) is 8.21. The van der Waals surface area contributed by atoms with Gasteiger partial charge in [-0.3, -0.25) is 9.78 Å². The summed E-state index contributed by atoms with van der Waals surface area (Å²) in [6, 6.07) is 13.4. The molecule has 0 aliphatic rings. The molecule has 3 aromatic rings. The van der Waals surface area contributed by atoms with E-state index in [1.807, 2.05) is 0 Å². The number of H-pyrrole nitrogens is 1. The van der Waals surface area contributed by atoms with Crippen LogP contribution in [0.5, 0.6) is 5.75 Å². The molecule has 2 N–H and O–H groups in total. The lowest BCUT2D eigenvalue weighted by molar-refractivity contribution is -0.275. The molecule has 1 aromatic heterocycles. The third kappa shape index (κ3) is 4.79. The van der Waals surface area contributed by atoms with Crippen LogP contribution in [0.15, 0.2) is 58.4 Å². The van der Waals surface area contributed by atoms with E-state index in [9.17, 15) is 27.6 Å². The first-order valence-corrected chi connectivity index (χ1v) is 8.21. The third-order valence-electron chi connectivity index (χ3n) is 3.67. The Morgan fingerprint density at radius 2 is 1.90 bits per heavy atom. The van der Waals surface area contributed by atoms with E-state index in [0.29, 0.717) is 5.56 Å². The lowest BCUT2D eigenvalue weighted by Crippen LogP contribution is -2.18. The van der Waals surface area contributed by atoms with Gasteiger partial charge >= 0.3 is 6.36 Å². The van der Waals surface area contributed by atoms with Gasteiger partial charge in [-0.2, -0.15) is 10.4 Å². The molecule has 0 saturated heterocycles. The summed E-state index contributed by atoms with van der Waals surface area (Å²) in [5.74, 6) is -2.44. The van der Waals surface area contributed by atoms with Crippen LogP contribution < -0.4 is 15.7 Å². The second kappa shape index (κ2) is 8.44. The van der Waals surface area contributed by atoms with Gasteiger partial charge in [0.2, 0.25) is 5.95 Å². The molecule has 0 saturated carbocycles. The fraction of sp³-hybridized carbons (Fsp3) is 0.0526. The summed E-state index contributed by atoms with van der Waals surface area (Å²) in [7, 11) is 0. The molecule has 1 heterocycles. The SMILES string of the molecule is N#Cc1c(-c2ccccc2)nc(NN=Cc2cccc(OC(F)(F)F)c2F)[nH]c1=O. The molecule has 0 fully saturated rings. The number of hydrogen-bond donors (Lipinski definition) is 2. The molecule has 0 amide bonds. The Hall–Kier alpha value is -4.20.